The first-order chi connectivity index (χ1) is 15.3. The fraction of sp³-hybridized carbons (Fsp3) is 0.500. The van der Waals surface area contributed by atoms with Gasteiger partial charge in [-0.25, -0.2) is 0 Å². The van der Waals surface area contributed by atoms with Crippen LogP contribution < -0.4 is 16.8 Å². The number of nitrogens with one attached hydrogen (secondary N) is 1. The average molecular weight is 455 g/mol. The van der Waals surface area contributed by atoms with E-state index in [9.17, 15) is 5.11 Å². The molecule has 6 N–H and O–H groups in total. The summed E-state index contributed by atoms with van der Waals surface area (Å²) < 4.78 is 0. The summed E-state index contributed by atoms with van der Waals surface area (Å²) in [5.41, 5.74) is 13.2. The van der Waals surface area contributed by atoms with Gasteiger partial charge < -0.3 is 26.8 Å². The number of aromatic hydroxyl groups is 1. The fourth-order valence-corrected chi connectivity index (χ4v) is 4.40. The first kappa shape index (κ1) is 26.1. The minimum Gasteiger partial charge on any atom is -0.507 e. The van der Waals surface area contributed by atoms with Crippen LogP contribution in [0.4, 0.5) is 0 Å². The van der Waals surface area contributed by atoms with E-state index in [0.717, 1.165) is 12.8 Å². The van der Waals surface area contributed by atoms with E-state index in [1.54, 1.807) is 25.1 Å². The standard InChI is InChI=1S/C24H38N8O/c1-9-20(32(8)17-13-23(3,4)31-24(5,6)14-17)30-29-15(2)18-11-10-16(12-19(18)33)21(25)28-22(26)27-7/h9-12,17,31,33H,1,13-14H2,2-8H3,(H4,25,26,27,28)/b29-15+,30-20+. The molecule has 0 amide bonds. The highest BCUT2D eigenvalue weighted by atomic mass is 16.3. The molecule has 1 fully saturated rings. The molecule has 0 bridgehead atoms. The molecule has 1 aromatic carbocycles. The second kappa shape index (κ2) is 10.2. The van der Waals surface area contributed by atoms with Crippen molar-refractivity contribution in [2.45, 2.75) is 64.6 Å². The molecule has 33 heavy (non-hydrogen) atoms. The lowest BCUT2D eigenvalue weighted by atomic mass is 9.79. The van der Waals surface area contributed by atoms with E-state index in [1.165, 1.54) is 13.1 Å². The van der Waals surface area contributed by atoms with E-state index in [0.29, 0.717) is 22.7 Å². The predicted molar refractivity (Wildman–Crippen MR) is 138 cm³/mol. The Kier molecular flexibility index (Phi) is 8.02. The van der Waals surface area contributed by atoms with Gasteiger partial charge in [0.2, 0.25) is 5.96 Å². The minimum absolute atomic E-state index is 0.0124. The molecule has 2 rings (SSSR count). The van der Waals surface area contributed by atoms with Crippen molar-refractivity contribution >= 4 is 23.3 Å². The topological polar surface area (TPSA) is 137 Å². The largest absolute Gasteiger partial charge is 0.507 e. The van der Waals surface area contributed by atoms with Crippen LogP contribution in [0, 0.1) is 0 Å². The molecule has 0 atom stereocenters. The quantitative estimate of drug-likeness (QED) is 0.308. The highest BCUT2D eigenvalue weighted by molar-refractivity contribution is 6.07. The van der Waals surface area contributed by atoms with Gasteiger partial charge in [0.15, 0.2) is 5.84 Å². The molecule has 1 heterocycles. The van der Waals surface area contributed by atoms with Crippen molar-refractivity contribution in [1.82, 2.24) is 10.2 Å². The Hall–Kier alpha value is -3.20. The number of nitrogens with zero attached hydrogens (tertiary/aromatic N) is 5. The first-order valence-electron chi connectivity index (χ1n) is 11.0. The Morgan fingerprint density at radius 2 is 1.79 bits per heavy atom. The zero-order chi connectivity index (χ0) is 25.0. The number of rotatable bonds is 5. The minimum atomic E-state index is 0.0124. The fourth-order valence-electron chi connectivity index (χ4n) is 4.40. The number of amidine groups is 2. The molecule has 0 aliphatic carbocycles. The van der Waals surface area contributed by atoms with Crippen LogP contribution in [0.3, 0.4) is 0 Å². The highest BCUT2D eigenvalue weighted by Gasteiger charge is 2.39. The van der Waals surface area contributed by atoms with Crippen LogP contribution in [0.25, 0.3) is 0 Å². The van der Waals surface area contributed by atoms with Crippen LogP contribution in [0.15, 0.2) is 51.0 Å². The number of phenols is 1. The Balaban J connectivity index is 2.27. The second-order valence-corrected chi connectivity index (χ2v) is 9.72. The van der Waals surface area contributed by atoms with Gasteiger partial charge in [-0.1, -0.05) is 12.6 Å². The summed E-state index contributed by atoms with van der Waals surface area (Å²) in [4.78, 5) is 9.86. The number of phenolic OH excluding ortho intramolecular Hbond substituents is 1. The third-order valence-electron chi connectivity index (χ3n) is 5.71. The molecule has 1 aliphatic rings. The summed E-state index contributed by atoms with van der Waals surface area (Å²) in [7, 11) is 3.54. The van der Waals surface area contributed by atoms with Gasteiger partial charge in [-0.3, -0.25) is 4.99 Å². The van der Waals surface area contributed by atoms with Crippen molar-refractivity contribution in [2.24, 2.45) is 31.7 Å². The molecule has 0 radical (unpaired) electrons. The van der Waals surface area contributed by atoms with Gasteiger partial charge >= 0.3 is 0 Å². The van der Waals surface area contributed by atoms with Crippen molar-refractivity contribution in [3.8, 4) is 5.75 Å². The lowest BCUT2D eigenvalue weighted by Gasteiger charge is -2.49. The molecule has 1 saturated heterocycles. The van der Waals surface area contributed by atoms with Gasteiger partial charge in [0.25, 0.3) is 0 Å². The molecule has 0 saturated carbocycles. The predicted octanol–water partition coefficient (Wildman–Crippen LogP) is 2.59. The molecule has 1 aliphatic heterocycles. The Morgan fingerprint density at radius 3 is 2.30 bits per heavy atom. The summed E-state index contributed by atoms with van der Waals surface area (Å²) in [6.07, 6.45) is 3.65. The van der Waals surface area contributed by atoms with E-state index in [1.807, 2.05) is 7.05 Å². The Labute approximate surface area is 197 Å². The molecule has 0 spiro atoms. The third kappa shape index (κ3) is 6.89. The number of hydrogen-bond donors (Lipinski definition) is 4. The highest BCUT2D eigenvalue weighted by Crippen LogP contribution is 2.31. The van der Waals surface area contributed by atoms with Crippen molar-refractivity contribution in [3.63, 3.8) is 0 Å². The van der Waals surface area contributed by atoms with Crippen LogP contribution in [-0.4, -0.2) is 64.6 Å². The Morgan fingerprint density at radius 1 is 1.18 bits per heavy atom. The molecule has 0 aromatic heterocycles. The van der Waals surface area contributed by atoms with Gasteiger partial charge in [-0.2, -0.15) is 10.1 Å². The maximum Gasteiger partial charge on any atom is 0.217 e. The van der Waals surface area contributed by atoms with E-state index >= 15 is 0 Å². The smallest absolute Gasteiger partial charge is 0.217 e. The SMILES string of the molecule is C=C/C(=N\N=C(/C)c1ccc(C(N)=NC(N)=NC)cc1O)N(C)C1CC(C)(C)NC(C)(C)C1. The molecule has 9 nitrogen and oxygen atoms in total. The summed E-state index contributed by atoms with van der Waals surface area (Å²) in [6, 6.07) is 5.26. The third-order valence-corrected chi connectivity index (χ3v) is 5.71. The normalized spacial score (nSPS) is 20.0. The molecule has 180 valence electrons. The Bertz CT molecular complexity index is 988. The van der Waals surface area contributed by atoms with Crippen molar-refractivity contribution in [2.75, 3.05) is 14.1 Å². The lowest BCUT2D eigenvalue weighted by Crippen LogP contribution is -2.62. The number of benzene rings is 1. The summed E-state index contributed by atoms with van der Waals surface area (Å²) in [5.74, 6) is 0.917. The maximum absolute atomic E-state index is 10.5. The summed E-state index contributed by atoms with van der Waals surface area (Å²) in [5, 5.41) is 23.0. The number of piperidine rings is 1. The van der Waals surface area contributed by atoms with Crippen molar-refractivity contribution in [3.05, 3.63) is 42.0 Å². The first-order valence-corrected chi connectivity index (χ1v) is 11.0. The maximum atomic E-state index is 10.5. The average Bonchev–Trinajstić information content (AvgIpc) is 2.71. The van der Waals surface area contributed by atoms with Gasteiger partial charge in [0, 0.05) is 42.3 Å². The van der Waals surface area contributed by atoms with E-state index < -0.39 is 0 Å². The number of aliphatic imine (C=N–C) groups is 2. The molecule has 9 heteroatoms. The number of hydrogen-bond acceptors (Lipinski definition) is 5. The van der Waals surface area contributed by atoms with Gasteiger partial charge in [-0.15, -0.1) is 5.10 Å². The van der Waals surface area contributed by atoms with Crippen molar-refractivity contribution in [1.29, 1.82) is 0 Å². The van der Waals surface area contributed by atoms with Gasteiger partial charge in [0.1, 0.15) is 11.6 Å². The molecular weight excluding hydrogens is 416 g/mol. The zero-order valence-corrected chi connectivity index (χ0v) is 20.8. The monoisotopic (exact) mass is 454 g/mol. The lowest BCUT2D eigenvalue weighted by molar-refractivity contribution is 0.114. The van der Waals surface area contributed by atoms with E-state index in [-0.39, 0.29) is 34.7 Å². The zero-order valence-electron chi connectivity index (χ0n) is 20.8. The molecular formula is C24H38N8O. The summed E-state index contributed by atoms with van der Waals surface area (Å²) in [6.45, 7) is 14.6. The van der Waals surface area contributed by atoms with Gasteiger partial charge in [-0.05, 0) is 65.7 Å². The van der Waals surface area contributed by atoms with Crippen LogP contribution in [0.5, 0.6) is 5.75 Å². The number of guanidine groups is 1. The van der Waals surface area contributed by atoms with E-state index in [4.69, 9.17) is 11.5 Å². The van der Waals surface area contributed by atoms with Crippen molar-refractivity contribution < 1.29 is 5.11 Å². The van der Waals surface area contributed by atoms with Crippen LogP contribution in [0.2, 0.25) is 0 Å². The molecule has 1 aromatic rings. The van der Waals surface area contributed by atoms with Crippen LogP contribution >= 0.6 is 0 Å². The second-order valence-electron chi connectivity index (χ2n) is 9.72. The van der Waals surface area contributed by atoms with Crippen LogP contribution in [0.1, 0.15) is 58.6 Å². The number of likely N-dealkylation sites (N-methyl/N-ethyl adjacent to an activating group) is 1. The van der Waals surface area contributed by atoms with E-state index in [2.05, 4.69) is 64.7 Å². The van der Waals surface area contributed by atoms with Crippen LogP contribution in [-0.2, 0) is 0 Å². The number of nitrogens with two attached hydrogens (primary N) is 2. The molecule has 0 unspecified atom stereocenters. The summed E-state index contributed by atoms with van der Waals surface area (Å²) >= 11 is 0. The van der Waals surface area contributed by atoms with Gasteiger partial charge in [0.05, 0.1) is 5.71 Å².